The van der Waals surface area contributed by atoms with Crippen LogP contribution in [0, 0.1) is 0 Å². The Hall–Kier alpha value is -0.820. The van der Waals surface area contributed by atoms with Crippen LogP contribution in [-0.2, 0) is 11.8 Å². The van der Waals surface area contributed by atoms with Gasteiger partial charge in [-0.1, -0.05) is 45.0 Å². The van der Waals surface area contributed by atoms with Crippen molar-refractivity contribution in [3.05, 3.63) is 35.4 Å². The van der Waals surface area contributed by atoms with Gasteiger partial charge in [-0.05, 0) is 42.9 Å². The van der Waals surface area contributed by atoms with Crippen molar-refractivity contribution in [2.45, 2.75) is 51.5 Å². The van der Waals surface area contributed by atoms with Gasteiger partial charge < -0.3 is 4.90 Å². The molecule has 0 saturated heterocycles. The fraction of sp³-hybridized carbons (Fsp3) is 0.625. The van der Waals surface area contributed by atoms with Crippen molar-refractivity contribution in [3.63, 3.8) is 0 Å². The van der Waals surface area contributed by atoms with E-state index in [2.05, 4.69) is 57.0 Å². The second-order valence-corrected chi connectivity index (χ2v) is 6.41. The van der Waals surface area contributed by atoms with Crippen LogP contribution >= 0.6 is 0 Å². The van der Waals surface area contributed by atoms with E-state index in [1.165, 1.54) is 36.9 Å². The van der Waals surface area contributed by atoms with E-state index in [4.69, 9.17) is 0 Å². The van der Waals surface area contributed by atoms with E-state index in [1.807, 2.05) is 0 Å². The van der Waals surface area contributed by atoms with Gasteiger partial charge in [0.05, 0.1) is 0 Å². The molecule has 1 nitrogen and oxygen atoms in total. The first-order valence-electron chi connectivity index (χ1n) is 6.76. The first-order chi connectivity index (χ1) is 7.97. The highest BCUT2D eigenvalue weighted by Gasteiger charge is 2.25. The van der Waals surface area contributed by atoms with Crippen LogP contribution in [-0.4, -0.2) is 24.5 Å². The molecule has 0 amide bonds. The molecule has 0 spiro atoms. The molecule has 1 heteroatoms. The van der Waals surface area contributed by atoms with Crippen LogP contribution in [0.25, 0.3) is 0 Å². The van der Waals surface area contributed by atoms with Gasteiger partial charge in [0.1, 0.15) is 0 Å². The quantitative estimate of drug-likeness (QED) is 0.765. The Balaban J connectivity index is 1.89. The third kappa shape index (κ3) is 3.57. The summed E-state index contributed by atoms with van der Waals surface area (Å²) in [6, 6.07) is 10.0. The number of benzene rings is 1. The van der Waals surface area contributed by atoms with Crippen molar-refractivity contribution >= 4 is 0 Å². The molecule has 1 aliphatic rings. The van der Waals surface area contributed by atoms with Crippen LogP contribution < -0.4 is 0 Å². The predicted molar refractivity (Wildman–Crippen MR) is 74.5 cm³/mol. The molecule has 0 aliphatic heterocycles. The summed E-state index contributed by atoms with van der Waals surface area (Å²) < 4.78 is 0. The highest BCUT2D eigenvalue weighted by Crippen LogP contribution is 2.26. The molecule has 0 heterocycles. The second-order valence-electron chi connectivity index (χ2n) is 6.41. The third-order valence-electron chi connectivity index (χ3n) is 3.74. The molecule has 1 aliphatic carbocycles. The van der Waals surface area contributed by atoms with Crippen LogP contribution in [0.3, 0.4) is 0 Å². The molecule has 1 aromatic carbocycles. The summed E-state index contributed by atoms with van der Waals surface area (Å²) in [5.74, 6) is 0. The Labute approximate surface area is 106 Å². The fourth-order valence-electron chi connectivity index (χ4n) is 2.17. The van der Waals surface area contributed by atoms with E-state index in [1.54, 1.807) is 0 Å². The van der Waals surface area contributed by atoms with Gasteiger partial charge in [-0.2, -0.15) is 0 Å². The molecule has 0 bridgehead atoms. The summed E-state index contributed by atoms with van der Waals surface area (Å²) >= 11 is 0. The van der Waals surface area contributed by atoms with Crippen LogP contribution in [0.1, 0.15) is 44.7 Å². The highest BCUT2D eigenvalue weighted by molar-refractivity contribution is 5.27. The van der Waals surface area contributed by atoms with Crippen molar-refractivity contribution in [2.75, 3.05) is 13.6 Å². The van der Waals surface area contributed by atoms with Crippen molar-refractivity contribution in [3.8, 4) is 0 Å². The topological polar surface area (TPSA) is 3.24 Å². The first kappa shape index (κ1) is 12.6. The molecule has 0 atom stereocenters. The number of hydrogen-bond acceptors (Lipinski definition) is 1. The van der Waals surface area contributed by atoms with E-state index >= 15 is 0 Å². The Bertz CT molecular complexity index is 354. The lowest BCUT2D eigenvalue weighted by molar-refractivity contribution is 0.328. The van der Waals surface area contributed by atoms with Crippen molar-refractivity contribution in [2.24, 2.45) is 0 Å². The van der Waals surface area contributed by atoms with Crippen LogP contribution in [0.4, 0.5) is 0 Å². The lowest BCUT2D eigenvalue weighted by Crippen LogP contribution is -2.23. The maximum Gasteiger partial charge on any atom is 0.00935 e. The van der Waals surface area contributed by atoms with E-state index in [0.29, 0.717) is 0 Å². The maximum atomic E-state index is 2.50. The van der Waals surface area contributed by atoms with Gasteiger partial charge in [0.25, 0.3) is 0 Å². The number of nitrogens with zero attached hydrogens (tertiary/aromatic N) is 1. The summed E-state index contributed by atoms with van der Waals surface area (Å²) in [5, 5.41) is 0. The minimum atomic E-state index is 0.267. The summed E-state index contributed by atoms with van der Waals surface area (Å²) in [7, 11) is 2.25. The molecule has 0 radical (unpaired) electrons. The fourth-order valence-corrected chi connectivity index (χ4v) is 2.17. The van der Waals surface area contributed by atoms with Crippen LogP contribution in [0.5, 0.6) is 0 Å². The van der Waals surface area contributed by atoms with Crippen LogP contribution in [0.2, 0.25) is 0 Å². The van der Waals surface area contributed by atoms with Crippen molar-refractivity contribution in [1.82, 2.24) is 4.90 Å². The number of likely N-dealkylation sites (N-methyl/N-ethyl adjacent to an activating group) is 1. The smallest absolute Gasteiger partial charge is 0.00935 e. The Morgan fingerprint density at radius 1 is 1.12 bits per heavy atom. The summed E-state index contributed by atoms with van der Waals surface area (Å²) in [6.07, 6.45) is 3.98. The molecule has 0 aromatic heterocycles. The van der Waals surface area contributed by atoms with Gasteiger partial charge >= 0.3 is 0 Å². The van der Waals surface area contributed by atoms with E-state index in [9.17, 15) is 0 Å². The van der Waals surface area contributed by atoms with Crippen molar-refractivity contribution in [1.29, 1.82) is 0 Å². The van der Waals surface area contributed by atoms with Crippen molar-refractivity contribution < 1.29 is 0 Å². The molecule has 0 N–H and O–H groups in total. The standard InChI is InChI=1S/C16H25N/c1-16(2,3)14-7-5-13(6-8-14)11-12-17(4)15-9-10-15/h5-8,15H,9-12H2,1-4H3. The van der Waals surface area contributed by atoms with Gasteiger partial charge in [-0.25, -0.2) is 0 Å². The van der Waals surface area contributed by atoms with Crippen LogP contribution in [0.15, 0.2) is 24.3 Å². The van der Waals surface area contributed by atoms with E-state index < -0.39 is 0 Å². The minimum absolute atomic E-state index is 0.267. The third-order valence-corrected chi connectivity index (χ3v) is 3.74. The zero-order valence-corrected chi connectivity index (χ0v) is 11.7. The average Bonchev–Trinajstić information content (AvgIpc) is 3.09. The van der Waals surface area contributed by atoms with E-state index in [-0.39, 0.29) is 5.41 Å². The largest absolute Gasteiger partial charge is 0.303 e. The molecular formula is C16H25N. The normalized spacial score (nSPS) is 16.5. The lowest BCUT2D eigenvalue weighted by Gasteiger charge is -2.20. The summed E-state index contributed by atoms with van der Waals surface area (Å²) in [6.45, 7) is 7.99. The zero-order chi connectivity index (χ0) is 12.5. The Morgan fingerprint density at radius 2 is 1.71 bits per heavy atom. The van der Waals surface area contributed by atoms with Gasteiger partial charge in [-0.3, -0.25) is 0 Å². The molecule has 17 heavy (non-hydrogen) atoms. The lowest BCUT2D eigenvalue weighted by atomic mass is 9.86. The Kier molecular flexibility index (Phi) is 3.58. The predicted octanol–water partition coefficient (Wildman–Crippen LogP) is 3.62. The molecule has 1 saturated carbocycles. The molecule has 94 valence electrons. The molecule has 1 aromatic rings. The van der Waals surface area contributed by atoms with Gasteiger partial charge in [0.15, 0.2) is 0 Å². The van der Waals surface area contributed by atoms with Gasteiger partial charge in [0.2, 0.25) is 0 Å². The SMILES string of the molecule is CN(CCc1ccc(C(C)(C)C)cc1)C1CC1. The Morgan fingerprint density at radius 3 is 2.18 bits per heavy atom. The first-order valence-corrected chi connectivity index (χ1v) is 6.76. The molecule has 1 fully saturated rings. The van der Waals surface area contributed by atoms with Gasteiger partial charge in [-0.15, -0.1) is 0 Å². The van der Waals surface area contributed by atoms with Gasteiger partial charge in [0, 0.05) is 12.6 Å². The number of rotatable bonds is 4. The molecular weight excluding hydrogens is 206 g/mol. The monoisotopic (exact) mass is 231 g/mol. The zero-order valence-electron chi connectivity index (χ0n) is 11.7. The second kappa shape index (κ2) is 4.81. The maximum absolute atomic E-state index is 2.50. The molecule has 0 unspecified atom stereocenters. The minimum Gasteiger partial charge on any atom is -0.303 e. The van der Waals surface area contributed by atoms with E-state index in [0.717, 1.165) is 6.04 Å². The summed E-state index contributed by atoms with van der Waals surface area (Å²) in [4.78, 5) is 2.50. The number of hydrogen-bond donors (Lipinski definition) is 0. The molecule has 2 rings (SSSR count). The average molecular weight is 231 g/mol. The summed E-state index contributed by atoms with van der Waals surface area (Å²) in [5.41, 5.74) is 3.16. The highest BCUT2D eigenvalue weighted by atomic mass is 15.1.